The molecule has 11 nitrogen and oxygen atoms in total. The summed E-state index contributed by atoms with van der Waals surface area (Å²) in [5.41, 5.74) is 5.31. The average Bonchev–Trinajstić information content (AvgIpc) is 3.13. The highest BCUT2D eigenvalue weighted by Crippen LogP contribution is 2.43. The van der Waals surface area contributed by atoms with Crippen LogP contribution in [-0.4, -0.2) is 59.9 Å². The Labute approximate surface area is 319 Å². The number of carbonyl (C=O) groups is 3. The molecule has 53 heavy (non-hydrogen) atoms. The Hall–Kier alpha value is -3.08. The lowest BCUT2D eigenvalue weighted by Gasteiger charge is -2.20. The number of aliphatic carboxylic acids is 1. The number of carbonyl (C=O) groups excluding carboxylic acids is 2. The number of carboxylic acids is 1. The van der Waals surface area contributed by atoms with Crippen LogP contribution in [0.4, 0.5) is 0 Å². The zero-order chi connectivity index (χ0) is 39.3. The van der Waals surface area contributed by atoms with E-state index in [9.17, 15) is 23.8 Å². The Bertz CT molecular complexity index is 1180. The highest BCUT2D eigenvalue weighted by molar-refractivity contribution is 7.47. The van der Waals surface area contributed by atoms with Crippen molar-refractivity contribution in [3.63, 3.8) is 0 Å². The fourth-order valence-corrected chi connectivity index (χ4v) is 5.38. The first-order valence-electron chi connectivity index (χ1n) is 19.5. The Morgan fingerprint density at radius 2 is 1.06 bits per heavy atom. The Morgan fingerprint density at radius 1 is 0.604 bits per heavy atom. The molecule has 12 heteroatoms. The van der Waals surface area contributed by atoms with E-state index >= 15 is 0 Å². The summed E-state index contributed by atoms with van der Waals surface area (Å²) >= 11 is 0. The summed E-state index contributed by atoms with van der Waals surface area (Å²) in [6, 6.07) is -1.53. The number of nitrogens with two attached hydrogens (primary N) is 1. The molecule has 302 valence electrons. The van der Waals surface area contributed by atoms with Gasteiger partial charge in [0.25, 0.3) is 0 Å². The first kappa shape index (κ1) is 49.9. The number of hydrogen-bond donors (Lipinski definition) is 3. The minimum atomic E-state index is -4.73. The molecule has 0 aromatic heterocycles. The number of ether oxygens (including phenoxy) is 2. The third kappa shape index (κ3) is 35.7. The average molecular weight is 766 g/mol. The SMILES string of the molecule is CC/C=C\C/C=C\C/C=C\C/C=C\CCCCC(=O)OC(COC(=O)CCCCCCC/C=C\C/C=C\CCCC)COP(=O)(O)OCC(N)C(=O)O. The normalized spacial score (nSPS) is 14.6. The summed E-state index contributed by atoms with van der Waals surface area (Å²) in [7, 11) is -4.73. The van der Waals surface area contributed by atoms with Gasteiger partial charge in [-0.2, -0.15) is 0 Å². The number of phosphoric ester groups is 1. The van der Waals surface area contributed by atoms with Crippen LogP contribution in [0, 0.1) is 0 Å². The standard InChI is InChI=1S/C41H68NO10P/c1-3-5-7-9-11-13-15-17-19-21-23-25-27-29-31-33-40(44)52-37(35-50-53(47,48)51-36-38(42)41(45)46)34-49-39(43)32-30-28-26-24-22-20-18-16-14-12-10-8-6-4-2/h5,7,10-13,16-19,23,25,37-38H,3-4,6,8-9,14-15,20-22,24,26-36,42H2,1-2H3,(H,45,46)(H,47,48)/b7-5-,12-10-,13-11-,18-16-,19-17-,25-23-. The summed E-state index contributed by atoms with van der Waals surface area (Å²) in [5, 5.41) is 8.86. The lowest BCUT2D eigenvalue weighted by molar-refractivity contribution is -0.161. The fraction of sp³-hybridized carbons (Fsp3) is 0.634. The third-order valence-electron chi connectivity index (χ3n) is 7.69. The van der Waals surface area contributed by atoms with Crippen LogP contribution in [0.15, 0.2) is 72.9 Å². The highest BCUT2D eigenvalue weighted by atomic mass is 31.2. The maximum absolute atomic E-state index is 12.6. The molecule has 3 unspecified atom stereocenters. The molecule has 0 spiro atoms. The Morgan fingerprint density at radius 3 is 1.62 bits per heavy atom. The lowest BCUT2D eigenvalue weighted by Crippen LogP contribution is -2.34. The molecule has 3 atom stereocenters. The molecule has 0 saturated heterocycles. The predicted octanol–water partition coefficient (Wildman–Crippen LogP) is 9.78. The molecule has 0 aliphatic rings. The van der Waals surface area contributed by atoms with Crippen molar-refractivity contribution in [1.82, 2.24) is 0 Å². The molecule has 0 heterocycles. The number of unbranched alkanes of at least 4 members (excludes halogenated alkanes) is 9. The zero-order valence-corrected chi connectivity index (χ0v) is 33.2. The highest BCUT2D eigenvalue weighted by Gasteiger charge is 2.28. The molecule has 0 aliphatic carbocycles. The van der Waals surface area contributed by atoms with Gasteiger partial charge in [0.05, 0.1) is 13.2 Å². The molecule has 0 aromatic rings. The minimum absolute atomic E-state index is 0.102. The number of phosphoric acid groups is 1. The molecule has 0 bridgehead atoms. The van der Waals surface area contributed by atoms with Crippen molar-refractivity contribution in [1.29, 1.82) is 0 Å². The van der Waals surface area contributed by atoms with Gasteiger partial charge in [0, 0.05) is 12.8 Å². The molecular formula is C41H68NO10P. The Kier molecular flexibility index (Phi) is 33.8. The largest absolute Gasteiger partial charge is 0.480 e. The van der Waals surface area contributed by atoms with Crippen LogP contribution in [0.3, 0.4) is 0 Å². The predicted molar refractivity (Wildman–Crippen MR) is 212 cm³/mol. The minimum Gasteiger partial charge on any atom is -0.480 e. The van der Waals surface area contributed by atoms with Crippen LogP contribution in [0.5, 0.6) is 0 Å². The van der Waals surface area contributed by atoms with E-state index in [2.05, 4.69) is 91.3 Å². The molecule has 0 aromatic carbocycles. The monoisotopic (exact) mass is 765 g/mol. The Balaban J connectivity index is 4.55. The van der Waals surface area contributed by atoms with Gasteiger partial charge in [0.1, 0.15) is 12.6 Å². The van der Waals surface area contributed by atoms with Crippen molar-refractivity contribution in [2.24, 2.45) is 5.73 Å². The van der Waals surface area contributed by atoms with Crippen molar-refractivity contribution in [2.75, 3.05) is 19.8 Å². The van der Waals surface area contributed by atoms with Gasteiger partial charge in [-0.05, 0) is 77.0 Å². The van der Waals surface area contributed by atoms with E-state index < -0.39 is 51.1 Å². The van der Waals surface area contributed by atoms with E-state index in [-0.39, 0.29) is 19.4 Å². The van der Waals surface area contributed by atoms with Gasteiger partial charge in [-0.3, -0.25) is 23.4 Å². The number of rotatable bonds is 35. The smallest absolute Gasteiger partial charge is 0.472 e. The summed E-state index contributed by atoms with van der Waals surface area (Å²) in [5.74, 6) is -2.46. The van der Waals surface area contributed by atoms with Crippen LogP contribution in [0.2, 0.25) is 0 Å². The van der Waals surface area contributed by atoms with Crippen molar-refractivity contribution in [3.05, 3.63) is 72.9 Å². The number of hydrogen-bond acceptors (Lipinski definition) is 9. The second-order valence-electron chi connectivity index (χ2n) is 12.7. The van der Waals surface area contributed by atoms with Crippen LogP contribution in [0.25, 0.3) is 0 Å². The summed E-state index contributed by atoms with van der Waals surface area (Å²) in [6.07, 6.45) is 41.2. The van der Waals surface area contributed by atoms with Gasteiger partial charge in [-0.1, -0.05) is 119 Å². The van der Waals surface area contributed by atoms with Gasteiger partial charge in [-0.15, -0.1) is 0 Å². The molecule has 0 aliphatic heterocycles. The third-order valence-corrected chi connectivity index (χ3v) is 8.64. The lowest BCUT2D eigenvalue weighted by atomic mass is 10.1. The maximum Gasteiger partial charge on any atom is 0.472 e. The van der Waals surface area contributed by atoms with Gasteiger partial charge >= 0.3 is 25.7 Å². The van der Waals surface area contributed by atoms with E-state index in [1.807, 2.05) is 0 Å². The van der Waals surface area contributed by atoms with E-state index in [4.69, 9.17) is 24.8 Å². The number of carboxylic acid groups (broad SMARTS) is 1. The first-order chi connectivity index (χ1) is 25.6. The zero-order valence-electron chi connectivity index (χ0n) is 32.3. The van der Waals surface area contributed by atoms with E-state index in [1.54, 1.807) is 0 Å². The van der Waals surface area contributed by atoms with E-state index in [1.165, 1.54) is 12.8 Å². The molecule has 0 rings (SSSR count). The second-order valence-corrected chi connectivity index (χ2v) is 14.1. The quantitative estimate of drug-likeness (QED) is 0.0243. The van der Waals surface area contributed by atoms with Crippen molar-refractivity contribution in [3.8, 4) is 0 Å². The second kappa shape index (κ2) is 35.9. The van der Waals surface area contributed by atoms with Crippen molar-refractivity contribution >= 4 is 25.7 Å². The van der Waals surface area contributed by atoms with E-state index in [0.29, 0.717) is 12.8 Å². The van der Waals surface area contributed by atoms with Crippen LogP contribution in [0.1, 0.15) is 136 Å². The maximum atomic E-state index is 12.6. The molecule has 0 radical (unpaired) electrons. The number of allylic oxidation sites excluding steroid dienone is 12. The molecule has 4 N–H and O–H groups in total. The topological polar surface area (TPSA) is 172 Å². The summed E-state index contributed by atoms with van der Waals surface area (Å²) in [4.78, 5) is 45.8. The van der Waals surface area contributed by atoms with E-state index in [0.717, 1.165) is 83.5 Å². The molecule has 0 fully saturated rings. The summed E-state index contributed by atoms with van der Waals surface area (Å²) in [6.45, 7) is 2.56. The van der Waals surface area contributed by atoms with Crippen molar-refractivity contribution in [2.45, 2.75) is 148 Å². The fourth-order valence-electron chi connectivity index (χ4n) is 4.60. The van der Waals surface area contributed by atoms with Crippen molar-refractivity contribution < 1.29 is 47.5 Å². The van der Waals surface area contributed by atoms with Gasteiger partial charge in [-0.25, -0.2) is 4.57 Å². The van der Waals surface area contributed by atoms with Crippen LogP contribution < -0.4 is 5.73 Å². The van der Waals surface area contributed by atoms with Gasteiger partial charge in [0.2, 0.25) is 0 Å². The van der Waals surface area contributed by atoms with Crippen LogP contribution in [-0.2, 0) is 37.5 Å². The number of esters is 2. The van der Waals surface area contributed by atoms with Gasteiger partial charge in [0.15, 0.2) is 6.10 Å². The molecule has 0 saturated carbocycles. The van der Waals surface area contributed by atoms with Crippen LogP contribution >= 0.6 is 7.82 Å². The summed E-state index contributed by atoms with van der Waals surface area (Å²) < 4.78 is 32.5. The van der Waals surface area contributed by atoms with Gasteiger partial charge < -0.3 is 25.2 Å². The first-order valence-corrected chi connectivity index (χ1v) is 21.0. The molecular weight excluding hydrogens is 697 g/mol. The molecule has 0 amide bonds.